The number of carbonyl (C=O) groups is 2. The maximum atomic E-state index is 13.4. The Kier molecular flexibility index (Phi) is 7.20. The number of hydrogen-bond donors (Lipinski definition) is 1. The Morgan fingerprint density at radius 1 is 1.00 bits per heavy atom. The van der Waals surface area contributed by atoms with E-state index in [0.29, 0.717) is 18.3 Å². The van der Waals surface area contributed by atoms with Crippen molar-refractivity contribution in [3.8, 4) is 0 Å². The van der Waals surface area contributed by atoms with Crippen LogP contribution in [0.25, 0.3) is 0 Å². The van der Waals surface area contributed by atoms with E-state index in [0.717, 1.165) is 74.7 Å². The summed E-state index contributed by atoms with van der Waals surface area (Å²) in [7, 11) is 0. The van der Waals surface area contributed by atoms with Crippen molar-refractivity contribution in [1.82, 2.24) is 4.90 Å². The Morgan fingerprint density at radius 3 is 2.17 bits per heavy atom. The van der Waals surface area contributed by atoms with Gasteiger partial charge in [0.1, 0.15) is 0 Å². The molecule has 5 heteroatoms. The number of anilines is 2. The molecular weight excluding hydrogens is 362 g/mol. The molecular formula is C24H37N3O2. The lowest BCUT2D eigenvalue weighted by Gasteiger charge is -2.35. The molecule has 2 heterocycles. The van der Waals surface area contributed by atoms with Crippen LogP contribution in [0.2, 0.25) is 0 Å². The normalized spacial score (nSPS) is 18.9. The average molecular weight is 400 g/mol. The van der Waals surface area contributed by atoms with Crippen molar-refractivity contribution in [3.05, 3.63) is 23.8 Å². The molecule has 0 aliphatic carbocycles. The maximum Gasteiger partial charge on any atom is 0.256 e. The summed E-state index contributed by atoms with van der Waals surface area (Å²) >= 11 is 0. The van der Waals surface area contributed by atoms with E-state index in [1.807, 2.05) is 36.9 Å². The van der Waals surface area contributed by atoms with Crippen molar-refractivity contribution in [1.29, 1.82) is 0 Å². The molecule has 1 N–H and O–H groups in total. The summed E-state index contributed by atoms with van der Waals surface area (Å²) < 4.78 is 0. The van der Waals surface area contributed by atoms with Crippen LogP contribution in [0.1, 0.15) is 70.2 Å². The van der Waals surface area contributed by atoms with E-state index in [-0.39, 0.29) is 11.8 Å². The van der Waals surface area contributed by atoms with Gasteiger partial charge in [0.05, 0.1) is 5.56 Å². The largest absolute Gasteiger partial charge is 0.371 e. The molecule has 2 aliphatic rings. The molecule has 1 aromatic rings. The lowest BCUT2D eigenvalue weighted by atomic mass is 9.96. The summed E-state index contributed by atoms with van der Waals surface area (Å²) in [4.78, 5) is 30.0. The number of rotatable bonds is 5. The van der Waals surface area contributed by atoms with E-state index in [2.05, 4.69) is 24.1 Å². The Labute approximate surface area is 175 Å². The summed E-state index contributed by atoms with van der Waals surface area (Å²) in [5, 5.41) is 2.99. The van der Waals surface area contributed by atoms with Crippen molar-refractivity contribution in [2.24, 2.45) is 17.8 Å². The molecule has 0 spiro atoms. The fourth-order valence-corrected chi connectivity index (χ4v) is 4.28. The molecule has 3 rings (SSSR count). The highest BCUT2D eigenvalue weighted by Crippen LogP contribution is 2.31. The molecule has 0 aromatic heterocycles. The van der Waals surface area contributed by atoms with Gasteiger partial charge in [-0.3, -0.25) is 9.59 Å². The molecule has 2 saturated heterocycles. The minimum atomic E-state index is 0.00439. The van der Waals surface area contributed by atoms with E-state index in [1.54, 1.807) is 0 Å². The van der Waals surface area contributed by atoms with Gasteiger partial charge in [-0.05, 0) is 61.6 Å². The van der Waals surface area contributed by atoms with E-state index in [4.69, 9.17) is 0 Å². The number of benzene rings is 1. The van der Waals surface area contributed by atoms with E-state index >= 15 is 0 Å². The lowest BCUT2D eigenvalue weighted by Crippen LogP contribution is -2.40. The van der Waals surface area contributed by atoms with Gasteiger partial charge in [-0.2, -0.15) is 0 Å². The van der Waals surface area contributed by atoms with Gasteiger partial charge in [0.15, 0.2) is 0 Å². The summed E-state index contributed by atoms with van der Waals surface area (Å²) in [5.41, 5.74) is 2.47. The van der Waals surface area contributed by atoms with Crippen LogP contribution in [-0.2, 0) is 4.79 Å². The Balaban J connectivity index is 1.84. The predicted molar refractivity (Wildman–Crippen MR) is 119 cm³/mol. The average Bonchev–Trinajstić information content (AvgIpc) is 2.68. The van der Waals surface area contributed by atoms with Gasteiger partial charge in [0.2, 0.25) is 5.91 Å². The van der Waals surface area contributed by atoms with Gasteiger partial charge in [-0.1, -0.05) is 27.7 Å². The minimum Gasteiger partial charge on any atom is -0.371 e. The van der Waals surface area contributed by atoms with Crippen LogP contribution >= 0.6 is 0 Å². The molecule has 0 bridgehead atoms. The first-order valence-corrected chi connectivity index (χ1v) is 11.3. The van der Waals surface area contributed by atoms with Gasteiger partial charge in [-0.25, -0.2) is 0 Å². The van der Waals surface area contributed by atoms with Crippen LogP contribution in [0.5, 0.6) is 0 Å². The van der Waals surface area contributed by atoms with Gasteiger partial charge in [0, 0.05) is 44.0 Å². The van der Waals surface area contributed by atoms with Gasteiger partial charge in [-0.15, -0.1) is 0 Å². The van der Waals surface area contributed by atoms with Crippen molar-refractivity contribution >= 4 is 23.2 Å². The fraction of sp³-hybridized carbons (Fsp3) is 0.667. The van der Waals surface area contributed by atoms with Crippen LogP contribution in [-0.4, -0.2) is 42.9 Å². The standard InChI is InChI=1S/C24H37N3O2/c1-17(2)15-23(28)25-20-5-6-22(26-11-7-18(3)8-12-26)21(16-20)24(29)27-13-9-19(4)10-14-27/h5-6,16-19H,7-15H2,1-4H3,(H,25,28). The van der Waals surface area contributed by atoms with Crippen molar-refractivity contribution in [2.45, 2.75) is 59.8 Å². The zero-order valence-electron chi connectivity index (χ0n) is 18.5. The molecule has 2 aliphatic heterocycles. The molecule has 0 atom stereocenters. The summed E-state index contributed by atoms with van der Waals surface area (Å²) in [6.07, 6.45) is 4.92. The van der Waals surface area contributed by atoms with Crippen LogP contribution in [0.3, 0.4) is 0 Å². The topological polar surface area (TPSA) is 52.7 Å². The first-order chi connectivity index (χ1) is 13.8. The Bertz CT molecular complexity index is 715. The SMILES string of the molecule is CC(C)CC(=O)Nc1ccc(N2CCC(C)CC2)c(C(=O)N2CCC(C)CC2)c1. The Morgan fingerprint density at radius 2 is 1.59 bits per heavy atom. The van der Waals surface area contributed by atoms with Gasteiger partial charge < -0.3 is 15.1 Å². The van der Waals surface area contributed by atoms with E-state index in [1.165, 1.54) is 0 Å². The molecule has 0 unspecified atom stereocenters. The quantitative estimate of drug-likeness (QED) is 0.775. The second kappa shape index (κ2) is 9.64. The zero-order valence-corrected chi connectivity index (χ0v) is 18.5. The molecule has 160 valence electrons. The van der Waals surface area contributed by atoms with Crippen LogP contribution in [0.15, 0.2) is 18.2 Å². The lowest BCUT2D eigenvalue weighted by molar-refractivity contribution is -0.116. The highest BCUT2D eigenvalue weighted by Gasteiger charge is 2.27. The van der Waals surface area contributed by atoms with Crippen molar-refractivity contribution in [3.63, 3.8) is 0 Å². The smallest absolute Gasteiger partial charge is 0.256 e. The second-order valence-electron chi connectivity index (χ2n) is 9.52. The third-order valence-electron chi connectivity index (χ3n) is 6.30. The van der Waals surface area contributed by atoms with Crippen molar-refractivity contribution < 1.29 is 9.59 Å². The number of likely N-dealkylation sites (tertiary alicyclic amines) is 1. The minimum absolute atomic E-state index is 0.00439. The van der Waals surface area contributed by atoms with E-state index in [9.17, 15) is 9.59 Å². The second-order valence-corrected chi connectivity index (χ2v) is 9.52. The Hall–Kier alpha value is -2.04. The molecule has 5 nitrogen and oxygen atoms in total. The molecule has 0 saturated carbocycles. The first kappa shape index (κ1) is 21.7. The monoisotopic (exact) mass is 399 g/mol. The number of piperidine rings is 2. The number of carbonyl (C=O) groups excluding carboxylic acids is 2. The fourth-order valence-electron chi connectivity index (χ4n) is 4.28. The van der Waals surface area contributed by atoms with Crippen LogP contribution in [0.4, 0.5) is 11.4 Å². The third-order valence-corrected chi connectivity index (χ3v) is 6.30. The third kappa shape index (κ3) is 5.74. The van der Waals surface area contributed by atoms with Crippen molar-refractivity contribution in [2.75, 3.05) is 36.4 Å². The van der Waals surface area contributed by atoms with E-state index < -0.39 is 0 Å². The van der Waals surface area contributed by atoms with Gasteiger partial charge >= 0.3 is 0 Å². The first-order valence-electron chi connectivity index (χ1n) is 11.3. The number of nitrogens with zero attached hydrogens (tertiary/aromatic N) is 2. The molecule has 0 radical (unpaired) electrons. The number of amides is 2. The van der Waals surface area contributed by atoms with Gasteiger partial charge in [0.25, 0.3) is 5.91 Å². The number of hydrogen-bond acceptors (Lipinski definition) is 3. The predicted octanol–water partition coefficient (Wildman–Crippen LogP) is 4.78. The number of nitrogens with one attached hydrogen (secondary N) is 1. The maximum absolute atomic E-state index is 13.4. The molecule has 2 fully saturated rings. The zero-order chi connectivity index (χ0) is 21.0. The molecule has 2 amide bonds. The molecule has 29 heavy (non-hydrogen) atoms. The highest BCUT2D eigenvalue weighted by molar-refractivity contribution is 6.02. The summed E-state index contributed by atoms with van der Waals surface area (Å²) in [6.45, 7) is 12.2. The highest BCUT2D eigenvalue weighted by atomic mass is 16.2. The summed E-state index contributed by atoms with van der Waals surface area (Å²) in [5.74, 6) is 1.84. The summed E-state index contributed by atoms with van der Waals surface area (Å²) in [6, 6.07) is 5.87. The van der Waals surface area contributed by atoms with Crippen LogP contribution < -0.4 is 10.2 Å². The van der Waals surface area contributed by atoms with Crippen LogP contribution in [0, 0.1) is 17.8 Å². The molecule has 1 aromatic carbocycles.